The maximum Gasteiger partial charge on any atom is 0.147 e. The molecule has 17 heavy (non-hydrogen) atoms. The summed E-state index contributed by atoms with van der Waals surface area (Å²) in [6.45, 7) is 5.84. The molecule has 2 heterocycles. The van der Waals surface area contributed by atoms with Crippen molar-refractivity contribution < 1.29 is 5.11 Å². The maximum atomic E-state index is 8.86. The highest BCUT2D eigenvalue weighted by atomic mass is 35.5. The van der Waals surface area contributed by atoms with Crippen LogP contribution in [0.1, 0.15) is 5.69 Å². The van der Waals surface area contributed by atoms with Crippen LogP contribution in [0.5, 0.6) is 0 Å². The molecule has 0 aromatic carbocycles. The molecule has 0 radical (unpaired) electrons. The monoisotopic (exact) mass is 256 g/mol. The molecule has 6 heteroatoms. The van der Waals surface area contributed by atoms with Crippen LogP contribution in [0.25, 0.3) is 0 Å². The van der Waals surface area contributed by atoms with Crippen LogP contribution in [0.3, 0.4) is 0 Å². The van der Waals surface area contributed by atoms with Crippen molar-refractivity contribution in [2.75, 3.05) is 39.3 Å². The molecule has 0 spiro atoms. The van der Waals surface area contributed by atoms with Gasteiger partial charge >= 0.3 is 0 Å². The first kappa shape index (κ1) is 12.7. The Labute approximate surface area is 106 Å². The first-order valence-corrected chi connectivity index (χ1v) is 6.18. The summed E-state index contributed by atoms with van der Waals surface area (Å²) in [5, 5.41) is 9.29. The van der Waals surface area contributed by atoms with Crippen molar-refractivity contribution in [3.8, 4) is 0 Å². The Balaban J connectivity index is 1.79. The van der Waals surface area contributed by atoms with E-state index in [1.54, 1.807) is 12.4 Å². The van der Waals surface area contributed by atoms with Gasteiger partial charge in [0.15, 0.2) is 0 Å². The number of aromatic nitrogens is 2. The zero-order valence-electron chi connectivity index (χ0n) is 9.72. The fourth-order valence-electron chi connectivity index (χ4n) is 1.96. The molecule has 1 aliphatic heterocycles. The molecule has 1 aromatic rings. The molecule has 1 N–H and O–H groups in total. The molecule has 1 saturated heterocycles. The number of rotatable bonds is 4. The molecule has 94 valence electrons. The fraction of sp³-hybridized carbons (Fsp3) is 0.636. The number of piperazine rings is 1. The van der Waals surface area contributed by atoms with E-state index in [0.717, 1.165) is 45.0 Å². The maximum absolute atomic E-state index is 8.86. The molecule has 0 bridgehead atoms. The minimum atomic E-state index is 0.239. The number of hydrogen-bond donors (Lipinski definition) is 1. The van der Waals surface area contributed by atoms with Crippen LogP contribution in [-0.4, -0.2) is 64.2 Å². The standard InChI is InChI=1S/C11H17ClN4O/c12-11-8-13-10(7-14-11)9-16-3-1-15(2-4-16)5-6-17/h7-8,17H,1-6,9H2. The van der Waals surface area contributed by atoms with E-state index >= 15 is 0 Å². The number of β-amino-alcohol motifs (C(OH)–C–C–N with tert-alkyl or cyclic N) is 1. The summed E-state index contributed by atoms with van der Waals surface area (Å²) in [6, 6.07) is 0. The van der Waals surface area contributed by atoms with Gasteiger partial charge in [-0.1, -0.05) is 11.6 Å². The summed E-state index contributed by atoms with van der Waals surface area (Å²) in [5.41, 5.74) is 0.949. The SMILES string of the molecule is OCCN1CCN(Cc2cnc(Cl)cn2)CC1. The van der Waals surface area contributed by atoms with Crippen LogP contribution in [0.2, 0.25) is 5.15 Å². The molecule has 0 aliphatic carbocycles. The van der Waals surface area contributed by atoms with Crippen molar-refractivity contribution in [2.24, 2.45) is 0 Å². The second kappa shape index (κ2) is 6.26. The Bertz CT molecular complexity index is 338. The summed E-state index contributed by atoms with van der Waals surface area (Å²) in [7, 11) is 0. The van der Waals surface area contributed by atoms with Crippen LogP contribution in [-0.2, 0) is 6.54 Å². The number of halogens is 1. The molecule has 0 amide bonds. The number of nitrogens with zero attached hydrogens (tertiary/aromatic N) is 4. The van der Waals surface area contributed by atoms with Gasteiger partial charge in [-0.3, -0.25) is 14.8 Å². The zero-order chi connectivity index (χ0) is 12.1. The normalized spacial score (nSPS) is 18.5. The Morgan fingerprint density at radius 3 is 2.41 bits per heavy atom. The Hall–Kier alpha value is -0.750. The molecular formula is C11H17ClN4O. The van der Waals surface area contributed by atoms with Gasteiger partial charge in [0.25, 0.3) is 0 Å². The van der Waals surface area contributed by atoms with Gasteiger partial charge in [0, 0.05) is 39.3 Å². The lowest BCUT2D eigenvalue weighted by molar-refractivity contribution is 0.107. The van der Waals surface area contributed by atoms with E-state index in [0.29, 0.717) is 5.15 Å². The molecule has 2 rings (SSSR count). The first-order chi connectivity index (χ1) is 8.28. The summed E-state index contributed by atoms with van der Waals surface area (Å²) in [6.07, 6.45) is 3.31. The summed E-state index contributed by atoms with van der Waals surface area (Å²) in [4.78, 5) is 12.9. The molecule has 1 aliphatic rings. The smallest absolute Gasteiger partial charge is 0.147 e. The van der Waals surface area contributed by atoms with E-state index < -0.39 is 0 Å². The summed E-state index contributed by atoms with van der Waals surface area (Å²) in [5.74, 6) is 0. The highest BCUT2D eigenvalue weighted by Gasteiger charge is 2.16. The predicted molar refractivity (Wildman–Crippen MR) is 65.8 cm³/mol. The fourth-order valence-corrected chi connectivity index (χ4v) is 2.06. The van der Waals surface area contributed by atoms with E-state index in [9.17, 15) is 0 Å². The van der Waals surface area contributed by atoms with Gasteiger partial charge in [-0.15, -0.1) is 0 Å². The summed E-state index contributed by atoms with van der Waals surface area (Å²) < 4.78 is 0. The molecule has 1 aromatic heterocycles. The predicted octanol–water partition coefficient (Wildman–Crippen LogP) is 0.240. The highest BCUT2D eigenvalue weighted by Crippen LogP contribution is 2.07. The lowest BCUT2D eigenvalue weighted by Crippen LogP contribution is -2.46. The van der Waals surface area contributed by atoms with Crippen molar-refractivity contribution in [1.82, 2.24) is 19.8 Å². The lowest BCUT2D eigenvalue weighted by atomic mass is 10.3. The van der Waals surface area contributed by atoms with Gasteiger partial charge in [-0.25, -0.2) is 4.98 Å². The van der Waals surface area contributed by atoms with Crippen molar-refractivity contribution in [1.29, 1.82) is 0 Å². The molecule has 5 nitrogen and oxygen atoms in total. The Morgan fingerprint density at radius 2 is 1.82 bits per heavy atom. The molecule has 0 saturated carbocycles. The third kappa shape index (κ3) is 3.89. The van der Waals surface area contributed by atoms with E-state index in [1.807, 2.05) is 0 Å². The highest BCUT2D eigenvalue weighted by molar-refractivity contribution is 6.29. The lowest BCUT2D eigenvalue weighted by Gasteiger charge is -2.33. The van der Waals surface area contributed by atoms with Crippen LogP contribution < -0.4 is 0 Å². The van der Waals surface area contributed by atoms with Gasteiger partial charge < -0.3 is 5.11 Å². The summed E-state index contributed by atoms with van der Waals surface area (Å²) >= 11 is 5.69. The van der Waals surface area contributed by atoms with Gasteiger partial charge in [0.05, 0.1) is 24.7 Å². The van der Waals surface area contributed by atoms with Crippen LogP contribution in [0.4, 0.5) is 0 Å². The van der Waals surface area contributed by atoms with Crippen molar-refractivity contribution in [2.45, 2.75) is 6.54 Å². The zero-order valence-corrected chi connectivity index (χ0v) is 10.5. The molecular weight excluding hydrogens is 240 g/mol. The number of aliphatic hydroxyl groups excluding tert-OH is 1. The van der Waals surface area contributed by atoms with Crippen LogP contribution in [0, 0.1) is 0 Å². The average molecular weight is 257 g/mol. The van der Waals surface area contributed by atoms with E-state index in [1.165, 1.54) is 0 Å². The second-order valence-corrected chi connectivity index (χ2v) is 4.56. The quantitative estimate of drug-likeness (QED) is 0.837. The average Bonchev–Trinajstić information content (AvgIpc) is 2.35. The van der Waals surface area contributed by atoms with E-state index in [4.69, 9.17) is 16.7 Å². The van der Waals surface area contributed by atoms with Gasteiger partial charge in [0.2, 0.25) is 0 Å². The second-order valence-electron chi connectivity index (χ2n) is 4.17. The molecule has 0 unspecified atom stereocenters. The number of hydrogen-bond acceptors (Lipinski definition) is 5. The van der Waals surface area contributed by atoms with E-state index in [2.05, 4.69) is 19.8 Å². The van der Waals surface area contributed by atoms with Crippen LogP contribution >= 0.6 is 11.6 Å². The third-order valence-corrected chi connectivity index (χ3v) is 3.14. The Kier molecular flexibility index (Phi) is 4.67. The van der Waals surface area contributed by atoms with Gasteiger partial charge in [-0.2, -0.15) is 0 Å². The van der Waals surface area contributed by atoms with Gasteiger partial charge in [0.1, 0.15) is 5.15 Å². The van der Waals surface area contributed by atoms with Gasteiger partial charge in [-0.05, 0) is 0 Å². The largest absolute Gasteiger partial charge is 0.395 e. The van der Waals surface area contributed by atoms with Crippen LogP contribution in [0.15, 0.2) is 12.4 Å². The molecule has 1 fully saturated rings. The Morgan fingerprint density at radius 1 is 1.12 bits per heavy atom. The van der Waals surface area contributed by atoms with Crippen molar-refractivity contribution in [3.05, 3.63) is 23.2 Å². The molecule has 0 atom stereocenters. The van der Waals surface area contributed by atoms with Crippen molar-refractivity contribution >= 4 is 11.6 Å². The minimum Gasteiger partial charge on any atom is -0.395 e. The third-order valence-electron chi connectivity index (χ3n) is 2.94. The first-order valence-electron chi connectivity index (χ1n) is 5.80. The number of aliphatic hydroxyl groups is 1. The minimum absolute atomic E-state index is 0.239. The topological polar surface area (TPSA) is 52.5 Å². The van der Waals surface area contributed by atoms with E-state index in [-0.39, 0.29) is 6.61 Å². The van der Waals surface area contributed by atoms with Crippen molar-refractivity contribution in [3.63, 3.8) is 0 Å².